The number of aliphatic hydroxyl groups is 4. The van der Waals surface area contributed by atoms with Crippen molar-refractivity contribution in [1.82, 2.24) is 0 Å². The Bertz CT molecular complexity index is 544. The summed E-state index contributed by atoms with van der Waals surface area (Å²) in [5, 5.41) is 42.6. The fourth-order valence-electron chi connectivity index (χ4n) is 8.18. The van der Waals surface area contributed by atoms with Crippen molar-refractivity contribution < 1.29 is 20.4 Å². The molecule has 0 saturated heterocycles. The largest absolute Gasteiger partial charge is 0.361 e. The first-order chi connectivity index (χ1) is 11.6. The van der Waals surface area contributed by atoms with Crippen molar-refractivity contribution in [1.29, 1.82) is 0 Å². The van der Waals surface area contributed by atoms with Crippen molar-refractivity contribution in [2.45, 2.75) is 90.1 Å². The van der Waals surface area contributed by atoms with Gasteiger partial charge in [0.15, 0.2) is 0 Å². The molecular formula is C21H36O4. The molecule has 0 spiro atoms. The molecule has 4 saturated carbocycles. The van der Waals surface area contributed by atoms with Gasteiger partial charge in [-0.1, -0.05) is 27.2 Å². The quantitative estimate of drug-likeness (QED) is 0.547. The maximum Gasteiger partial charge on any atom is 0.224 e. The summed E-state index contributed by atoms with van der Waals surface area (Å²) in [5.74, 6) is -2.55. The first-order valence-corrected chi connectivity index (χ1v) is 10.5. The Morgan fingerprint density at radius 3 is 2.20 bits per heavy atom. The third-order valence-corrected chi connectivity index (χ3v) is 9.74. The third-order valence-electron chi connectivity index (χ3n) is 9.74. The highest BCUT2D eigenvalue weighted by atomic mass is 16.6. The second-order valence-corrected chi connectivity index (χ2v) is 10.2. The van der Waals surface area contributed by atoms with Crippen LogP contribution < -0.4 is 0 Å². The van der Waals surface area contributed by atoms with Crippen LogP contribution in [0.1, 0.15) is 78.6 Å². The lowest BCUT2D eigenvalue weighted by molar-refractivity contribution is -0.436. The second-order valence-electron chi connectivity index (χ2n) is 10.2. The monoisotopic (exact) mass is 352 g/mol. The Morgan fingerprint density at radius 2 is 1.52 bits per heavy atom. The molecule has 4 fully saturated rings. The number of hydrogen-bond acceptors (Lipinski definition) is 4. The van der Waals surface area contributed by atoms with Crippen LogP contribution in [-0.4, -0.2) is 32.0 Å². The Kier molecular flexibility index (Phi) is 3.96. The van der Waals surface area contributed by atoms with Gasteiger partial charge in [0.1, 0.15) is 0 Å². The van der Waals surface area contributed by atoms with E-state index in [1.165, 1.54) is 25.7 Å². The molecule has 4 aliphatic rings. The minimum Gasteiger partial charge on any atom is -0.361 e. The van der Waals surface area contributed by atoms with Crippen LogP contribution in [0.3, 0.4) is 0 Å². The van der Waals surface area contributed by atoms with Crippen LogP contribution in [-0.2, 0) is 0 Å². The van der Waals surface area contributed by atoms with Crippen LogP contribution in [0.15, 0.2) is 0 Å². The van der Waals surface area contributed by atoms with Crippen molar-refractivity contribution in [3.8, 4) is 0 Å². The van der Waals surface area contributed by atoms with E-state index in [-0.39, 0.29) is 18.3 Å². The van der Waals surface area contributed by atoms with Gasteiger partial charge in [0, 0.05) is 11.8 Å². The Labute approximate surface area is 151 Å². The van der Waals surface area contributed by atoms with Crippen LogP contribution in [0.4, 0.5) is 0 Å². The van der Waals surface area contributed by atoms with E-state index in [0.29, 0.717) is 23.7 Å². The summed E-state index contributed by atoms with van der Waals surface area (Å²) in [7, 11) is 0. The molecule has 0 aromatic carbocycles. The summed E-state index contributed by atoms with van der Waals surface area (Å²) < 4.78 is 0. The maximum atomic E-state index is 11.0. The number of hydrogen-bond donors (Lipinski definition) is 4. The summed E-state index contributed by atoms with van der Waals surface area (Å²) in [6.07, 6.45) is 8.80. The Balaban J connectivity index is 1.72. The molecule has 4 N–H and O–H groups in total. The molecule has 0 radical (unpaired) electrons. The molecule has 0 amide bonds. The zero-order valence-corrected chi connectivity index (χ0v) is 16.0. The Morgan fingerprint density at radius 1 is 0.800 bits per heavy atom. The van der Waals surface area contributed by atoms with Crippen LogP contribution in [0.2, 0.25) is 0 Å². The molecule has 0 bridgehead atoms. The van der Waals surface area contributed by atoms with Gasteiger partial charge in [-0.3, -0.25) is 0 Å². The molecule has 7 atom stereocenters. The smallest absolute Gasteiger partial charge is 0.224 e. The molecule has 4 rings (SSSR count). The lowest BCUT2D eigenvalue weighted by atomic mass is 9.42. The number of fused-ring (bicyclic) bond motifs is 5. The van der Waals surface area contributed by atoms with E-state index >= 15 is 0 Å². The molecule has 0 aromatic rings. The highest BCUT2D eigenvalue weighted by Gasteiger charge is 2.71. The fraction of sp³-hybridized carbons (Fsp3) is 1.00. The summed E-state index contributed by atoms with van der Waals surface area (Å²) in [6.45, 7) is 6.71. The minimum absolute atomic E-state index is 0.0523. The van der Waals surface area contributed by atoms with Gasteiger partial charge in [-0.15, -0.1) is 0 Å². The topological polar surface area (TPSA) is 80.9 Å². The van der Waals surface area contributed by atoms with Crippen molar-refractivity contribution in [2.24, 2.45) is 40.4 Å². The van der Waals surface area contributed by atoms with Gasteiger partial charge in [-0.05, 0) is 80.0 Å². The van der Waals surface area contributed by atoms with Gasteiger partial charge in [0.2, 0.25) is 11.6 Å². The number of rotatable bonds is 1. The van der Waals surface area contributed by atoms with E-state index in [2.05, 4.69) is 13.8 Å². The molecule has 144 valence electrons. The first kappa shape index (κ1) is 18.2. The standard InChI is InChI=1S/C21H36O4/c1-4-13-6-8-16-15-7-5-14-9-12-20(22,23)21(24,25)19(14,3)17(15)10-11-18(13,16)2/h13-17,22-25H,4-12H2,1-3H3/t13-,14+,15-,16-,17-,18+,19-/m0/s1. The van der Waals surface area contributed by atoms with Crippen molar-refractivity contribution in [3.63, 3.8) is 0 Å². The molecule has 0 unspecified atom stereocenters. The van der Waals surface area contributed by atoms with Crippen LogP contribution in [0.5, 0.6) is 0 Å². The van der Waals surface area contributed by atoms with Crippen LogP contribution in [0.25, 0.3) is 0 Å². The van der Waals surface area contributed by atoms with Crippen molar-refractivity contribution in [3.05, 3.63) is 0 Å². The highest BCUT2D eigenvalue weighted by Crippen LogP contribution is 2.69. The van der Waals surface area contributed by atoms with Crippen molar-refractivity contribution in [2.75, 3.05) is 0 Å². The summed E-state index contributed by atoms with van der Waals surface area (Å²) in [5.41, 5.74) is -0.444. The highest BCUT2D eigenvalue weighted by molar-refractivity contribution is 5.14. The SMILES string of the molecule is CC[C@H]1CC[C@H]2[C@@H]3CC[C@@H]4CCC(O)(O)C(O)(O)[C@]4(C)[C@H]3CC[C@]12C. The lowest BCUT2D eigenvalue weighted by Gasteiger charge is -2.65. The van der Waals surface area contributed by atoms with E-state index < -0.39 is 17.0 Å². The van der Waals surface area contributed by atoms with E-state index in [1.807, 2.05) is 6.92 Å². The second kappa shape index (κ2) is 5.43. The summed E-state index contributed by atoms with van der Waals surface area (Å²) in [4.78, 5) is 0. The normalized spacial score (nSPS) is 53.6. The molecular weight excluding hydrogens is 316 g/mol. The summed E-state index contributed by atoms with van der Waals surface area (Å²) >= 11 is 0. The van der Waals surface area contributed by atoms with Gasteiger partial charge in [0.25, 0.3) is 0 Å². The zero-order valence-electron chi connectivity index (χ0n) is 16.0. The van der Waals surface area contributed by atoms with Crippen LogP contribution >= 0.6 is 0 Å². The van der Waals surface area contributed by atoms with Gasteiger partial charge in [0.05, 0.1) is 0 Å². The van der Waals surface area contributed by atoms with E-state index in [1.54, 1.807) is 0 Å². The minimum atomic E-state index is -2.43. The average Bonchev–Trinajstić information content (AvgIpc) is 2.89. The zero-order chi connectivity index (χ0) is 18.3. The first-order valence-electron chi connectivity index (χ1n) is 10.5. The molecule has 0 heterocycles. The Hall–Kier alpha value is -0.160. The fourth-order valence-corrected chi connectivity index (χ4v) is 8.18. The van der Waals surface area contributed by atoms with Gasteiger partial charge in [-0.2, -0.15) is 0 Å². The van der Waals surface area contributed by atoms with E-state index in [9.17, 15) is 20.4 Å². The third kappa shape index (κ3) is 2.09. The van der Waals surface area contributed by atoms with Crippen LogP contribution in [0, 0.1) is 40.4 Å². The lowest BCUT2D eigenvalue weighted by Crippen LogP contribution is -2.73. The summed E-state index contributed by atoms with van der Waals surface area (Å²) in [6, 6.07) is 0. The predicted molar refractivity (Wildman–Crippen MR) is 95.2 cm³/mol. The van der Waals surface area contributed by atoms with Crippen molar-refractivity contribution >= 4 is 0 Å². The average molecular weight is 353 g/mol. The molecule has 0 aromatic heterocycles. The molecule has 4 heteroatoms. The van der Waals surface area contributed by atoms with Gasteiger partial charge < -0.3 is 20.4 Å². The molecule has 25 heavy (non-hydrogen) atoms. The predicted octanol–water partition coefficient (Wildman–Crippen LogP) is 3.03. The van der Waals surface area contributed by atoms with E-state index in [4.69, 9.17) is 0 Å². The molecule has 0 aliphatic heterocycles. The van der Waals surface area contributed by atoms with E-state index in [0.717, 1.165) is 25.2 Å². The maximum absolute atomic E-state index is 11.0. The van der Waals surface area contributed by atoms with Gasteiger partial charge in [-0.25, -0.2) is 0 Å². The van der Waals surface area contributed by atoms with Gasteiger partial charge >= 0.3 is 0 Å². The molecule has 4 aliphatic carbocycles. The molecule has 4 nitrogen and oxygen atoms in total.